The number of H-pyrrole nitrogens is 1. The van der Waals surface area contributed by atoms with Crippen LogP contribution in [0.4, 0.5) is 5.82 Å². The van der Waals surface area contributed by atoms with Crippen LogP contribution in [0.5, 0.6) is 0 Å². The molecule has 74 valence electrons. The predicted molar refractivity (Wildman–Crippen MR) is 53.1 cm³/mol. The molecule has 5 heteroatoms. The normalized spacial score (nSPS) is 9.50. The summed E-state index contributed by atoms with van der Waals surface area (Å²) in [7, 11) is 0. The predicted octanol–water partition coefficient (Wildman–Crippen LogP) is 0.309. The van der Waals surface area contributed by atoms with Crippen molar-refractivity contribution in [3.8, 4) is 0 Å². The number of carbonyl (C=O) groups excluding carboxylic acids is 1. The van der Waals surface area contributed by atoms with Crippen molar-refractivity contribution in [2.45, 2.75) is 6.92 Å². The molecule has 1 heterocycles. The maximum absolute atomic E-state index is 11.2. The highest BCUT2D eigenvalue weighted by molar-refractivity contribution is 5.90. The van der Waals surface area contributed by atoms with Gasteiger partial charge in [-0.15, -0.1) is 6.58 Å². The second-order valence-electron chi connectivity index (χ2n) is 2.70. The van der Waals surface area contributed by atoms with Gasteiger partial charge in [-0.25, -0.2) is 5.10 Å². The van der Waals surface area contributed by atoms with Crippen LogP contribution < -0.4 is 10.5 Å². The first kappa shape index (κ1) is 10.2. The fraction of sp³-hybridized carbons (Fsp3) is 0.222. The van der Waals surface area contributed by atoms with E-state index < -0.39 is 0 Å². The number of anilines is 1. The van der Waals surface area contributed by atoms with Gasteiger partial charge in [0, 0.05) is 19.5 Å². The lowest BCUT2D eigenvalue weighted by atomic mass is 10.4. The van der Waals surface area contributed by atoms with E-state index in [1.807, 2.05) is 0 Å². The van der Waals surface area contributed by atoms with E-state index in [9.17, 15) is 9.59 Å². The zero-order valence-electron chi connectivity index (χ0n) is 7.86. The summed E-state index contributed by atoms with van der Waals surface area (Å²) in [6, 6.07) is 2.81. The Labute approximate surface area is 81.1 Å². The van der Waals surface area contributed by atoms with Gasteiger partial charge < -0.3 is 0 Å². The Kier molecular flexibility index (Phi) is 3.17. The zero-order chi connectivity index (χ0) is 10.6. The topological polar surface area (TPSA) is 66.1 Å². The maximum Gasteiger partial charge on any atom is 0.264 e. The Bertz CT molecular complexity index is 377. The first-order chi connectivity index (χ1) is 6.65. The van der Waals surface area contributed by atoms with E-state index in [0.717, 1.165) is 0 Å². The van der Waals surface area contributed by atoms with Crippen LogP contribution >= 0.6 is 0 Å². The largest absolute Gasteiger partial charge is 0.292 e. The first-order valence-corrected chi connectivity index (χ1v) is 4.10. The first-order valence-electron chi connectivity index (χ1n) is 4.10. The summed E-state index contributed by atoms with van der Waals surface area (Å²) >= 11 is 0. The Hall–Kier alpha value is -1.91. The Morgan fingerprint density at radius 3 is 2.86 bits per heavy atom. The van der Waals surface area contributed by atoms with Crippen molar-refractivity contribution in [2.24, 2.45) is 0 Å². The fourth-order valence-corrected chi connectivity index (χ4v) is 1.000. The van der Waals surface area contributed by atoms with E-state index in [1.54, 1.807) is 6.08 Å². The van der Waals surface area contributed by atoms with Crippen LogP contribution in [-0.4, -0.2) is 22.6 Å². The van der Waals surface area contributed by atoms with Crippen molar-refractivity contribution in [1.82, 2.24) is 10.2 Å². The Morgan fingerprint density at radius 1 is 1.71 bits per heavy atom. The van der Waals surface area contributed by atoms with Crippen molar-refractivity contribution >= 4 is 11.7 Å². The van der Waals surface area contributed by atoms with Gasteiger partial charge >= 0.3 is 0 Å². The third-order valence-electron chi connectivity index (χ3n) is 1.63. The molecule has 0 bridgehead atoms. The van der Waals surface area contributed by atoms with Crippen LogP contribution in [0.25, 0.3) is 0 Å². The van der Waals surface area contributed by atoms with Crippen molar-refractivity contribution in [3.63, 3.8) is 0 Å². The number of aromatic nitrogens is 2. The Balaban J connectivity index is 2.98. The number of amides is 1. The van der Waals surface area contributed by atoms with Gasteiger partial charge in [-0.3, -0.25) is 14.5 Å². The molecular formula is C9H11N3O2. The summed E-state index contributed by atoms with van der Waals surface area (Å²) in [5, 5.41) is 6.00. The number of rotatable bonds is 3. The number of hydrogen-bond acceptors (Lipinski definition) is 3. The molecule has 1 N–H and O–H groups in total. The molecule has 0 radical (unpaired) electrons. The van der Waals surface area contributed by atoms with E-state index in [0.29, 0.717) is 12.4 Å². The van der Waals surface area contributed by atoms with Crippen molar-refractivity contribution in [1.29, 1.82) is 0 Å². The molecule has 5 nitrogen and oxygen atoms in total. The minimum atomic E-state index is -0.296. The minimum Gasteiger partial charge on any atom is -0.292 e. The monoisotopic (exact) mass is 193 g/mol. The van der Waals surface area contributed by atoms with Crippen molar-refractivity contribution in [2.75, 3.05) is 11.4 Å². The SMILES string of the molecule is C=CCN(C(C)=O)c1ccc(=O)[nH]n1. The lowest BCUT2D eigenvalue weighted by Gasteiger charge is -2.16. The van der Waals surface area contributed by atoms with Crippen LogP contribution in [0.2, 0.25) is 0 Å². The molecule has 0 atom stereocenters. The number of carbonyl (C=O) groups is 1. The summed E-state index contributed by atoms with van der Waals surface area (Å²) in [5.41, 5.74) is -0.296. The van der Waals surface area contributed by atoms with Gasteiger partial charge in [0.25, 0.3) is 5.56 Å². The van der Waals surface area contributed by atoms with E-state index in [-0.39, 0.29) is 11.5 Å². The molecule has 0 aliphatic carbocycles. The lowest BCUT2D eigenvalue weighted by Crippen LogP contribution is -2.30. The summed E-state index contributed by atoms with van der Waals surface area (Å²) < 4.78 is 0. The van der Waals surface area contributed by atoms with Gasteiger partial charge in [-0.05, 0) is 6.07 Å². The highest BCUT2D eigenvalue weighted by Gasteiger charge is 2.10. The third-order valence-corrected chi connectivity index (χ3v) is 1.63. The smallest absolute Gasteiger partial charge is 0.264 e. The summed E-state index contributed by atoms with van der Waals surface area (Å²) in [5.74, 6) is 0.265. The average Bonchev–Trinajstić information content (AvgIpc) is 2.15. The second-order valence-corrected chi connectivity index (χ2v) is 2.70. The maximum atomic E-state index is 11.2. The Morgan fingerprint density at radius 2 is 2.43 bits per heavy atom. The molecule has 0 spiro atoms. The van der Waals surface area contributed by atoms with Gasteiger partial charge in [0.15, 0.2) is 5.82 Å². The highest BCUT2D eigenvalue weighted by Crippen LogP contribution is 2.06. The highest BCUT2D eigenvalue weighted by atomic mass is 16.2. The lowest BCUT2D eigenvalue weighted by molar-refractivity contribution is -0.116. The molecular weight excluding hydrogens is 182 g/mol. The van der Waals surface area contributed by atoms with Crippen LogP contribution in [0.15, 0.2) is 29.6 Å². The average molecular weight is 193 g/mol. The van der Waals surface area contributed by atoms with Crippen LogP contribution in [-0.2, 0) is 4.79 Å². The van der Waals surface area contributed by atoms with E-state index >= 15 is 0 Å². The molecule has 0 aliphatic heterocycles. The minimum absolute atomic E-state index is 0.149. The number of nitrogens with zero attached hydrogens (tertiary/aromatic N) is 2. The van der Waals surface area contributed by atoms with Crippen molar-refractivity contribution in [3.05, 3.63) is 35.1 Å². The van der Waals surface area contributed by atoms with E-state index in [4.69, 9.17) is 0 Å². The molecule has 0 aliphatic rings. The van der Waals surface area contributed by atoms with Gasteiger partial charge in [0.05, 0.1) is 0 Å². The molecule has 0 aromatic carbocycles. The van der Waals surface area contributed by atoms with Crippen LogP contribution in [0.1, 0.15) is 6.92 Å². The second kappa shape index (κ2) is 4.36. The summed E-state index contributed by atoms with van der Waals surface area (Å²) in [6.07, 6.45) is 1.59. The number of hydrogen-bond donors (Lipinski definition) is 1. The van der Waals surface area contributed by atoms with Crippen molar-refractivity contribution < 1.29 is 4.79 Å². The summed E-state index contributed by atoms with van der Waals surface area (Å²) in [6.45, 7) is 5.33. The van der Waals surface area contributed by atoms with Crippen LogP contribution in [0.3, 0.4) is 0 Å². The molecule has 1 aromatic heterocycles. The quantitative estimate of drug-likeness (QED) is 0.702. The molecule has 0 fully saturated rings. The van der Waals surface area contributed by atoms with Gasteiger partial charge in [0.2, 0.25) is 5.91 Å². The van der Waals surface area contributed by atoms with Gasteiger partial charge in [-0.2, -0.15) is 5.10 Å². The standard InChI is InChI=1S/C9H11N3O2/c1-3-6-12(7(2)13)8-4-5-9(14)11-10-8/h3-5H,1,6H2,2H3,(H,11,14). The molecule has 0 saturated carbocycles. The fourth-order valence-electron chi connectivity index (χ4n) is 1.000. The van der Waals surface area contributed by atoms with Gasteiger partial charge in [-0.1, -0.05) is 6.08 Å². The van der Waals surface area contributed by atoms with Crippen LogP contribution in [0, 0.1) is 0 Å². The molecule has 1 aromatic rings. The number of nitrogens with one attached hydrogen (secondary N) is 1. The molecule has 1 rings (SSSR count). The molecule has 14 heavy (non-hydrogen) atoms. The van der Waals surface area contributed by atoms with Gasteiger partial charge in [0.1, 0.15) is 0 Å². The molecule has 0 saturated heterocycles. The third kappa shape index (κ3) is 2.29. The molecule has 0 unspecified atom stereocenters. The summed E-state index contributed by atoms with van der Waals surface area (Å²) in [4.78, 5) is 23.3. The molecule has 1 amide bonds. The zero-order valence-corrected chi connectivity index (χ0v) is 7.86. The van der Waals surface area contributed by atoms with E-state index in [2.05, 4.69) is 16.8 Å². The number of aromatic amines is 1. The van der Waals surface area contributed by atoms with E-state index in [1.165, 1.54) is 24.0 Å².